The Bertz CT molecular complexity index is 930. The SMILES string of the molecule is CCCCCCCCCCN(CCCCCCCCCC)C(=O)C(Sc1nc2ccccc2s1)C(COC)C(=O)O. The summed E-state index contributed by atoms with van der Waals surface area (Å²) in [6.45, 7) is 5.83. The zero-order chi connectivity index (χ0) is 29.7. The molecule has 0 saturated heterocycles. The molecular formula is C33H54N2O4S2. The monoisotopic (exact) mass is 606 g/mol. The highest BCUT2D eigenvalue weighted by Crippen LogP contribution is 2.36. The van der Waals surface area contributed by atoms with E-state index in [-0.39, 0.29) is 12.5 Å². The van der Waals surface area contributed by atoms with Crippen molar-refractivity contribution in [3.8, 4) is 0 Å². The molecule has 41 heavy (non-hydrogen) atoms. The first-order chi connectivity index (χ1) is 20.0. The number of fused-ring (bicyclic) bond motifs is 1. The third-order valence-corrected chi connectivity index (χ3v) is 10.1. The molecular weight excluding hydrogens is 553 g/mol. The summed E-state index contributed by atoms with van der Waals surface area (Å²) in [4.78, 5) is 33.1. The molecule has 2 rings (SSSR count). The second-order valence-electron chi connectivity index (χ2n) is 11.2. The van der Waals surface area contributed by atoms with E-state index in [0.29, 0.717) is 13.1 Å². The molecule has 0 radical (unpaired) electrons. The number of para-hydroxylation sites is 1. The second kappa shape index (κ2) is 22.0. The number of unbranched alkanes of at least 4 members (excludes halogenated alkanes) is 14. The number of nitrogens with zero attached hydrogens (tertiary/aromatic N) is 2. The molecule has 2 atom stereocenters. The number of amides is 1. The number of ether oxygens (including phenoxy) is 1. The van der Waals surface area contributed by atoms with Gasteiger partial charge in [-0.05, 0) is 25.0 Å². The summed E-state index contributed by atoms with van der Waals surface area (Å²) >= 11 is 2.81. The number of carbonyl (C=O) groups is 2. The fraction of sp³-hybridized carbons (Fsp3) is 0.727. The molecule has 0 bridgehead atoms. The number of rotatable bonds is 25. The maximum atomic E-state index is 14.1. The number of hydrogen-bond acceptors (Lipinski definition) is 6. The molecule has 0 spiro atoms. The van der Waals surface area contributed by atoms with Crippen molar-refractivity contribution >= 4 is 45.2 Å². The minimum Gasteiger partial charge on any atom is -0.481 e. The Labute approximate surface area is 257 Å². The van der Waals surface area contributed by atoms with E-state index in [1.807, 2.05) is 29.2 Å². The van der Waals surface area contributed by atoms with E-state index in [1.54, 1.807) is 0 Å². The van der Waals surface area contributed by atoms with Crippen LogP contribution in [0, 0.1) is 5.92 Å². The molecule has 232 valence electrons. The van der Waals surface area contributed by atoms with E-state index >= 15 is 0 Å². The van der Waals surface area contributed by atoms with E-state index in [9.17, 15) is 14.7 Å². The molecule has 1 N–H and O–H groups in total. The van der Waals surface area contributed by atoms with Gasteiger partial charge in [0.15, 0.2) is 4.34 Å². The number of methoxy groups -OCH3 is 1. The molecule has 0 saturated carbocycles. The minimum absolute atomic E-state index is 0.00695. The Kier molecular flexibility index (Phi) is 19.1. The smallest absolute Gasteiger partial charge is 0.310 e. The summed E-state index contributed by atoms with van der Waals surface area (Å²) in [5, 5.41) is 9.33. The molecule has 6 nitrogen and oxygen atoms in total. The van der Waals surface area contributed by atoms with Crippen LogP contribution in [0.15, 0.2) is 28.6 Å². The van der Waals surface area contributed by atoms with Gasteiger partial charge in [-0.1, -0.05) is 128 Å². The number of aliphatic carboxylic acids is 1. The maximum Gasteiger partial charge on any atom is 0.310 e. The lowest BCUT2D eigenvalue weighted by Gasteiger charge is -2.29. The van der Waals surface area contributed by atoms with Crippen LogP contribution in [-0.2, 0) is 14.3 Å². The Hall–Kier alpha value is -1.64. The van der Waals surface area contributed by atoms with Crippen molar-refractivity contribution in [3.05, 3.63) is 24.3 Å². The van der Waals surface area contributed by atoms with Gasteiger partial charge in [-0.3, -0.25) is 9.59 Å². The molecule has 1 amide bonds. The lowest BCUT2D eigenvalue weighted by Crippen LogP contribution is -2.45. The van der Waals surface area contributed by atoms with E-state index in [1.165, 1.54) is 107 Å². The summed E-state index contributed by atoms with van der Waals surface area (Å²) in [5.41, 5.74) is 0.875. The lowest BCUT2D eigenvalue weighted by atomic mass is 10.0. The topological polar surface area (TPSA) is 79.7 Å². The number of carbonyl (C=O) groups excluding carboxylic acids is 1. The highest BCUT2D eigenvalue weighted by atomic mass is 32.2. The largest absolute Gasteiger partial charge is 0.481 e. The average Bonchev–Trinajstić information content (AvgIpc) is 3.38. The first kappa shape index (κ1) is 35.6. The molecule has 1 aromatic heterocycles. The Morgan fingerprint density at radius 1 is 0.854 bits per heavy atom. The third-order valence-electron chi connectivity index (χ3n) is 7.65. The summed E-state index contributed by atoms with van der Waals surface area (Å²) < 4.78 is 7.06. The van der Waals surface area contributed by atoms with Crippen molar-refractivity contribution in [2.75, 3.05) is 26.8 Å². The highest BCUT2D eigenvalue weighted by molar-refractivity contribution is 8.02. The molecule has 2 aromatic rings. The van der Waals surface area contributed by atoms with Gasteiger partial charge in [0, 0.05) is 20.2 Å². The Morgan fingerprint density at radius 3 is 1.85 bits per heavy atom. The molecule has 8 heteroatoms. The Balaban J connectivity index is 2.09. The zero-order valence-electron chi connectivity index (χ0n) is 25.8. The van der Waals surface area contributed by atoms with Crippen molar-refractivity contribution < 1.29 is 19.4 Å². The van der Waals surface area contributed by atoms with Crippen LogP contribution in [0.4, 0.5) is 0 Å². The molecule has 1 aromatic carbocycles. The van der Waals surface area contributed by atoms with Crippen LogP contribution in [0.3, 0.4) is 0 Å². The van der Waals surface area contributed by atoms with Gasteiger partial charge >= 0.3 is 5.97 Å². The molecule has 1 heterocycles. The molecule has 0 fully saturated rings. The van der Waals surface area contributed by atoms with E-state index in [0.717, 1.165) is 40.2 Å². The van der Waals surface area contributed by atoms with Gasteiger partial charge in [-0.25, -0.2) is 4.98 Å². The van der Waals surface area contributed by atoms with E-state index < -0.39 is 17.1 Å². The van der Waals surface area contributed by atoms with Crippen molar-refractivity contribution in [2.45, 2.75) is 126 Å². The normalized spacial score (nSPS) is 13.0. The number of thiazole rings is 1. The van der Waals surface area contributed by atoms with Crippen molar-refractivity contribution in [1.82, 2.24) is 9.88 Å². The standard InChI is InChI=1S/C33H54N2O4S2/c1-4-6-8-10-12-14-16-20-24-35(25-21-17-15-13-11-9-7-5-2)31(36)30(27(26-39-3)32(37)38)41-33-34-28-22-18-19-23-29(28)40-33/h18-19,22-23,27,30H,4-17,20-21,24-26H2,1-3H3,(H,37,38). The molecule has 0 aliphatic rings. The number of hydrogen-bond donors (Lipinski definition) is 1. The fourth-order valence-electron chi connectivity index (χ4n) is 5.17. The van der Waals surface area contributed by atoms with Crippen molar-refractivity contribution in [2.24, 2.45) is 5.92 Å². The van der Waals surface area contributed by atoms with Gasteiger partial charge < -0.3 is 14.7 Å². The summed E-state index contributed by atoms with van der Waals surface area (Å²) in [5.74, 6) is -2.04. The van der Waals surface area contributed by atoms with Crippen LogP contribution in [0.25, 0.3) is 10.2 Å². The predicted octanol–water partition coefficient (Wildman–Crippen LogP) is 9.21. The summed E-state index contributed by atoms with van der Waals surface area (Å²) in [6, 6.07) is 7.87. The van der Waals surface area contributed by atoms with Crippen molar-refractivity contribution in [1.29, 1.82) is 0 Å². The van der Waals surface area contributed by atoms with Crippen LogP contribution in [0.5, 0.6) is 0 Å². The average molecular weight is 607 g/mol. The van der Waals surface area contributed by atoms with Crippen LogP contribution in [-0.4, -0.2) is 58.9 Å². The van der Waals surface area contributed by atoms with Crippen LogP contribution in [0.2, 0.25) is 0 Å². The van der Waals surface area contributed by atoms with Gasteiger partial charge in [0.05, 0.1) is 16.8 Å². The lowest BCUT2D eigenvalue weighted by molar-refractivity contribution is -0.147. The fourth-order valence-corrected chi connectivity index (χ4v) is 7.61. The highest BCUT2D eigenvalue weighted by Gasteiger charge is 2.38. The number of benzene rings is 1. The Morgan fingerprint density at radius 2 is 1.37 bits per heavy atom. The van der Waals surface area contributed by atoms with Crippen LogP contribution in [0.1, 0.15) is 117 Å². The van der Waals surface area contributed by atoms with Crippen LogP contribution >= 0.6 is 23.1 Å². The molecule has 0 aliphatic heterocycles. The zero-order valence-corrected chi connectivity index (χ0v) is 27.4. The number of aromatic nitrogens is 1. The number of carboxylic acids is 1. The first-order valence-electron chi connectivity index (χ1n) is 16.0. The minimum atomic E-state index is -1.00. The van der Waals surface area contributed by atoms with Gasteiger partial charge in [-0.15, -0.1) is 11.3 Å². The summed E-state index contributed by atoms with van der Waals surface area (Å²) in [7, 11) is 1.50. The second-order valence-corrected chi connectivity index (χ2v) is 13.6. The number of thioether (sulfide) groups is 1. The van der Waals surface area contributed by atoms with Gasteiger partial charge in [0.2, 0.25) is 5.91 Å². The van der Waals surface area contributed by atoms with Crippen LogP contribution < -0.4 is 0 Å². The molecule has 0 aliphatic carbocycles. The van der Waals surface area contributed by atoms with Crippen molar-refractivity contribution in [3.63, 3.8) is 0 Å². The van der Waals surface area contributed by atoms with E-state index in [4.69, 9.17) is 9.72 Å². The quantitative estimate of drug-likeness (QED) is 0.0896. The third kappa shape index (κ3) is 13.9. The van der Waals surface area contributed by atoms with E-state index in [2.05, 4.69) is 13.8 Å². The first-order valence-corrected chi connectivity index (χ1v) is 17.7. The summed E-state index contributed by atoms with van der Waals surface area (Å²) in [6.07, 6.45) is 19.3. The molecule has 2 unspecified atom stereocenters. The predicted molar refractivity (Wildman–Crippen MR) is 174 cm³/mol. The maximum absolute atomic E-state index is 14.1. The van der Waals surface area contributed by atoms with Gasteiger partial charge in [0.25, 0.3) is 0 Å². The van der Waals surface area contributed by atoms with Gasteiger partial charge in [-0.2, -0.15) is 0 Å². The number of carboxylic acid groups (broad SMARTS) is 1. The van der Waals surface area contributed by atoms with Gasteiger partial charge in [0.1, 0.15) is 11.2 Å².